The van der Waals surface area contributed by atoms with Crippen molar-refractivity contribution >= 4 is 27.5 Å². The van der Waals surface area contributed by atoms with Gasteiger partial charge in [0.1, 0.15) is 11.9 Å². The van der Waals surface area contributed by atoms with Crippen molar-refractivity contribution in [2.45, 2.75) is 31.8 Å². The highest BCUT2D eigenvalue weighted by Gasteiger charge is 2.30. The van der Waals surface area contributed by atoms with E-state index in [1.807, 2.05) is 30.3 Å². The van der Waals surface area contributed by atoms with Crippen LogP contribution in [-0.4, -0.2) is 51.0 Å². The quantitative estimate of drug-likeness (QED) is 0.390. The molecule has 0 saturated carbocycles. The molecule has 0 aliphatic heterocycles. The van der Waals surface area contributed by atoms with E-state index in [1.165, 1.54) is 28.4 Å². The predicted octanol–water partition coefficient (Wildman–Crippen LogP) is 3.76. The van der Waals surface area contributed by atoms with Crippen molar-refractivity contribution in [1.29, 1.82) is 0 Å². The molecular weight excluding hydrogens is 493 g/mol. The maximum absolute atomic E-state index is 13.5. The molecule has 0 heterocycles. The van der Waals surface area contributed by atoms with Gasteiger partial charge in [0.05, 0.1) is 11.9 Å². The van der Waals surface area contributed by atoms with Gasteiger partial charge in [0.2, 0.25) is 21.8 Å². The first-order valence-electron chi connectivity index (χ1n) is 12.0. The van der Waals surface area contributed by atoms with Crippen LogP contribution in [0.4, 0.5) is 10.1 Å². The number of para-hydroxylation sites is 1. The molecule has 0 aliphatic carbocycles. The van der Waals surface area contributed by atoms with Gasteiger partial charge in [-0.1, -0.05) is 60.7 Å². The molecule has 9 heteroatoms. The normalized spacial score (nSPS) is 12.0. The Labute approximate surface area is 218 Å². The molecule has 0 fully saturated rings. The highest BCUT2D eigenvalue weighted by atomic mass is 32.2. The van der Waals surface area contributed by atoms with E-state index in [2.05, 4.69) is 5.32 Å². The standard InChI is InChI=1S/C28H32FN3O4S/c1-30-28(34)26(20-22-10-5-3-6-11-22)31(21-23-15-17-24(29)18-16-23)27(33)14-9-19-32(37(2,35)36)25-12-7-4-8-13-25/h3-8,10-13,15-18,26H,9,14,19-21H2,1-2H3,(H,30,34). The van der Waals surface area contributed by atoms with E-state index in [9.17, 15) is 22.4 Å². The minimum Gasteiger partial charge on any atom is -0.357 e. The van der Waals surface area contributed by atoms with Gasteiger partial charge in [-0.05, 0) is 41.8 Å². The summed E-state index contributed by atoms with van der Waals surface area (Å²) in [4.78, 5) is 28.0. The number of nitrogens with zero attached hydrogens (tertiary/aromatic N) is 2. The first kappa shape index (κ1) is 27.9. The van der Waals surface area contributed by atoms with Crippen molar-refractivity contribution in [3.63, 3.8) is 0 Å². The minimum atomic E-state index is -3.55. The van der Waals surface area contributed by atoms with E-state index in [0.29, 0.717) is 17.7 Å². The molecule has 0 saturated heterocycles. The fourth-order valence-corrected chi connectivity index (χ4v) is 5.07. The van der Waals surface area contributed by atoms with Crippen LogP contribution in [0.1, 0.15) is 24.0 Å². The summed E-state index contributed by atoms with van der Waals surface area (Å²) in [5, 5.41) is 2.65. The minimum absolute atomic E-state index is 0.0301. The predicted molar refractivity (Wildman–Crippen MR) is 143 cm³/mol. The van der Waals surface area contributed by atoms with Crippen LogP contribution in [0.25, 0.3) is 0 Å². The second-order valence-corrected chi connectivity index (χ2v) is 10.6. The second-order valence-electron chi connectivity index (χ2n) is 8.74. The summed E-state index contributed by atoms with van der Waals surface area (Å²) >= 11 is 0. The number of sulfonamides is 1. The van der Waals surface area contributed by atoms with Crippen molar-refractivity contribution in [3.05, 3.63) is 102 Å². The molecule has 2 amide bonds. The fraction of sp³-hybridized carbons (Fsp3) is 0.286. The van der Waals surface area contributed by atoms with E-state index in [4.69, 9.17) is 0 Å². The number of hydrogen-bond donors (Lipinski definition) is 1. The van der Waals surface area contributed by atoms with Crippen LogP contribution in [0.5, 0.6) is 0 Å². The molecule has 1 atom stereocenters. The van der Waals surface area contributed by atoms with Gasteiger partial charge in [-0.15, -0.1) is 0 Å². The lowest BCUT2D eigenvalue weighted by molar-refractivity contribution is -0.141. The molecular formula is C28H32FN3O4S. The number of anilines is 1. The summed E-state index contributed by atoms with van der Waals surface area (Å²) in [6.45, 7) is 0.223. The average molecular weight is 526 g/mol. The molecule has 1 N–H and O–H groups in total. The Bertz CT molecular complexity index is 1270. The smallest absolute Gasteiger partial charge is 0.242 e. The molecule has 7 nitrogen and oxygen atoms in total. The Morgan fingerprint density at radius 2 is 1.49 bits per heavy atom. The molecule has 3 rings (SSSR count). The summed E-state index contributed by atoms with van der Waals surface area (Å²) in [6, 6.07) is 23.1. The zero-order valence-corrected chi connectivity index (χ0v) is 21.8. The van der Waals surface area contributed by atoms with E-state index >= 15 is 0 Å². The van der Waals surface area contributed by atoms with E-state index in [0.717, 1.165) is 11.8 Å². The molecule has 196 valence electrons. The number of halogens is 1. The van der Waals surface area contributed by atoms with Crippen LogP contribution in [0.15, 0.2) is 84.9 Å². The van der Waals surface area contributed by atoms with Gasteiger partial charge >= 0.3 is 0 Å². The van der Waals surface area contributed by atoms with Gasteiger partial charge in [0, 0.05) is 33.0 Å². The third kappa shape index (κ3) is 8.15. The van der Waals surface area contributed by atoms with E-state index < -0.39 is 21.9 Å². The van der Waals surface area contributed by atoms with Crippen LogP contribution in [-0.2, 0) is 32.6 Å². The van der Waals surface area contributed by atoms with Crippen LogP contribution in [0.2, 0.25) is 0 Å². The van der Waals surface area contributed by atoms with Crippen LogP contribution in [0, 0.1) is 5.82 Å². The van der Waals surface area contributed by atoms with Gasteiger partial charge < -0.3 is 10.2 Å². The zero-order chi connectivity index (χ0) is 26.8. The summed E-state index contributed by atoms with van der Waals surface area (Å²) < 4.78 is 39.6. The van der Waals surface area contributed by atoms with Crippen LogP contribution < -0.4 is 9.62 Å². The number of carbonyl (C=O) groups is 2. The third-order valence-electron chi connectivity index (χ3n) is 5.98. The van der Waals surface area contributed by atoms with Crippen molar-refractivity contribution in [2.75, 3.05) is 24.2 Å². The third-order valence-corrected chi connectivity index (χ3v) is 7.17. The Morgan fingerprint density at radius 1 is 0.892 bits per heavy atom. The lowest BCUT2D eigenvalue weighted by Crippen LogP contribution is -2.49. The second kappa shape index (κ2) is 13.0. The number of likely N-dealkylation sites (N-methyl/N-ethyl adjacent to an activating group) is 1. The number of benzene rings is 3. The molecule has 0 aliphatic rings. The molecule has 37 heavy (non-hydrogen) atoms. The lowest BCUT2D eigenvalue weighted by atomic mass is 10.0. The molecule has 3 aromatic rings. The Morgan fingerprint density at radius 3 is 2.05 bits per heavy atom. The number of amides is 2. The first-order valence-corrected chi connectivity index (χ1v) is 13.9. The van der Waals surface area contributed by atoms with Gasteiger partial charge in [-0.2, -0.15) is 0 Å². The molecule has 3 aromatic carbocycles. The summed E-state index contributed by atoms with van der Waals surface area (Å²) in [5.74, 6) is -1.01. The fourth-order valence-electron chi connectivity index (χ4n) is 4.11. The van der Waals surface area contributed by atoms with Gasteiger partial charge in [-0.25, -0.2) is 12.8 Å². The van der Waals surface area contributed by atoms with Gasteiger partial charge in [-0.3, -0.25) is 13.9 Å². The monoisotopic (exact) mass is 525 g/mol. The van der Waals surface area contributed by atoms with Crippen molar-refractivity contribution < 1.29 is 22.4 Å². The number of rotatable bonds is 12. The van der Waals surface area contributed by atoms with Crippen molar-refractivity contribution in [1.82, 2.24) is 10.2 Å². The highest BCUT2D eigenvalue weighted by Crippen LogP contribution is 2.20. The maximum Gasteiger partial charge on any atom is 0.242 e. The summed E-state index contributed by atoms with van der Waals surface area (Å²) in [6.07, 6.45) is 1.71. The molecule has 0 aromatic heterocycles. The lowest BCUT2D eigenvalue weighted by Gasteiger charge is -2.31. The SMILES string of the molecule is CNC(=O)C(Cc1ccccc1)N(Cc1ccc(F)cc1)C(=O)CCCN(c1ccccc1)S(C)(=O)=O. The van der Waals surface area contributed by atoms with Gasteiger partial charge in [0.15, 0.2) is 0 Å². The summed E-state index contributed by atoms with van der Waals surface area (Å²) in [7, 11) is -2.04. The molecule has 1 unspecified atom stereocenters. The number of nitrogens with one attached hydrogen (secondary N) is 1. The van der Waals surface area contributed by atoms with Crippen molar-refractivity contribution in [3.8, 4) is 0 Å². The average Bonchev–Trinajstić information content (AvgIpc) is 2.89. The topological polar surface area (TPSA) is 86.8 Å². The highest BCUT2D eigenvalue weighted by molar-refractivity contribution is 7.92. The largest absolute Gasteiger partial charge is 0.357 e. The number of carbonyl (C=O) groups excluding carboxylic acids is 2. The zero-order valence-electron chi connectivity index (χ0n) is 21.0. The van der Waals surface area contributed by atoms with E-state index in [-0.39, 0.29) is 37.7 Å². The Kier molecular flexibility index (Phi) is 9.79. The first-order chi connectivity index (χ1) is 17.7. The van der Waals surface area contributed by atoms with E-state index in [1.54, 1.807) is 42.5 Å². The molecule has 0 spiro atoms. The molecule has 0 radical (unpaired) electrons. The van der Waals surface area contributed by atoms with Crippen LogP contribution >= 0.6 is 0 Å². The van der Waals surface area contributed by atoms with Crippen LogP contribution in [0.3, 0.4) is 0 Å². The maximum atomic E-state index is 13.5. The summed E-state index contributed by atoms with van der Waals surface area (Å²) in [5.41, 5.74) is 2.09. The Balaban J connectivity index is 1.83. The van der Waals surface area contributed by atoms with Crippen molar-refractivity contribution in [2.24, 2.45) is 0 Å². The molecule has 0 bridgehead atoms. The number of hydrogen-bond acceptors (Lipinski definition) is 4. The van der Waals surface area contributed by atoms with Gasteiger partial charge in [0.25, 0.3) is 0 Å². The Hall–Kier alpha value is -3.72.